The van der Waals surface area contributed by atoms with E-state index in [2.05, 4.69) is 16.6 Å². The summed E-state index contributed by atoms with van der Waals surface area (Å²) in [6.45, 7) is 5.06. The van der Waals surface area contributed by atoms with Crippen molar-refractivity contribution in [1.29, 1.82) is 0 Å². The molecule has 11 heavy (non-hydrogen) atoms. The molecule has 0 amide bonds. The van der Waals surface area contributed by atoms with Gasteiger partial charge in [-0.3, -0.25) is 4.79 Å². The molecule has 1 saturated heterocycles. The van der Waals surface area contributed by atoms with Gasteiger partial charge in [0.25, 0.3) is 0 Å². The molecule has 64 valence electrons. The Morgan fingerprint density at radius 1 is 1.73 bits per heavy atom. The van der Waals surface area contributed by atoms with Crippen molar-refractivity contribution in [1.82, 2.24) is 4.90 Å². The van der Waals surface area contributed by atoms with Crippen LogP contribution in [0.15, 0.2) is 0 Å². The number of hydrogen-bond donors (Lipinski definition) is 0. The highest BCUT2D eigenvalue weighted by Gasteiger charge is 2.27. The van der Waals surface area contributed by atoms with Crippen LogP contribution in [0.5, 0.6) is 0 Å². The van der Waals surface area contributed by atoms with Crippen molar-refractivity contribution < 1.29 is 9.53 Å². The Balaban J connectivity index is 2.35. The summed E-state index contributed by atoms with van der Waals surface area (Å²) >= 11 is 0. The van der Waals surface area contributed by atoms with Gasteiger partial charge in [-0.15, -0.1) is 0 Å². The molecule has 1 aliphatic rings. The maximum Gasteiger partial charge on any atom is 0.310 e. The summed E-state index contributed by atoms with van der Waals surface area (Å²) in [5.74, 6) is 0.0703. The Hall–Kier alpha value is -0.570. The zero-order valence-electron chi connectivity index (χ0n) is 7.17. The molecule has 1 fully saturated rings. The molecule has 1 rings (SSSR count). The molecule has 1 atom stereocenters. The highest BCUT2D eigenvalue weighted by molar-refractivity contribution is 5.72. The van der Waals surface area contributed by atoms with Crippen LogP contribution in [0.25, 0.3) is 0 Å². The van der Waals surface area contributed by atoms with Crippen molar-refractivity contribution in [3.63, 3.8) is 0 Å². The molecule has 0 aromatic rings. The number of hydrogen-bond acceptors (Lipinski definition) is 3. The van der Waals surface area contributed by atoms with E-state index in [1.54, 1.807) is 0 Å². The molecule has 0 radical (unpaired) electrons. The minimum absolute atomic E-state index is 0.0547. The smallest absolute Gasteiger partial charge is 0.310 e. The fraction of sp³-hybridized carbons (Fsp3) is 0.875. The average Bonchev–Trinajstić information content (AvgIpc) is 2.50. The summed E-state index contributed by atoms with van der Waals surface area (Å²) in [7, 11) is 1.46. The Labute approximate surface area is 67.3 Å². The number of rotatable bonds is 2. The van der Waals surface area contributed by atoms with E-state index in [1.165, 1.54) is 7.11 Å². The summed E-state index contributed by atoms with van der Waals surface area (Å²) < 4.78 is 4.66. The van der Waals surface area contributed by atoms with Gasteiger partial charge in [0.15, 0.2) is 0 Å². The van der Waals surface area contributed by atoms with Crippen LogP contribution < -0.4 is 0 Å². The fourth-order valence-electron chi connectivity index (χ4n) is 1.48. The van der Waals surface area contributed by atoms with Crippen molar-refractivity contribution in [3.8, 4) is 0 Å². The van der Waals surface area contributed by atoms with Crippen LogP contribution >= 0.6 is 0 Å². The summed E-state index contributed by atoms with van der Waals surface area (Å²) in [5, 5.41) is 0. The number of nitrogens with zero attached hydrogens (tertiary/aromatic N) is 1. The summed E-state index contributed by atoms with van der Waals surface area (Å²) in [5.41, 5.74) is 0. The van der Waals surface area contributed by atoms with Gasteiger partial charge in [-0.05, 0) is 19.5 Å². The quantitative estimate of drug-likeness (QED) is 0.547. The van der Waals surface area contributed by atoms with Crippen LogP contribution in [0.4, 0.5) is 0 Å². The monoisotopic (exact) mass is 157 g/mol. The maximum atomic E-state index is 11.0. The van der Waals surface area contributed by atoms with Crippen LogP contribution in [-0.2, 0) is 9.53 Å². The van der Waals surface area contributed by atoms with E-state index in [0.717, 1.165) is 26.1 Å². The topological polar surface area (TPSA) is 29.5 Å². The van der Waals surface area contributed by atoms with E-state index in [4.69, 9.17) is 0 Å². The highest BCUT2D eigenvalue weighted by atomic mass is 16.5. The largest absolute Gasteiger partial charge is 0.469 e. The normalized spacial score (nSPS) is 25.5. The van der Waals surface area contributed by atoms with Gasteiger partial charge in [0.1, 0.15) is 0 Å². The Kier molecular flexibility index (Phi) is 2.88. The van der Waals surface area contributed by atoms with E-state index in [-0.39, 0.29) is 11.9 Å². The molecule has 0 N–H and O–H groups in total. The summed E-state index contributed by atoms with van der Waals surface area (Å²) in [6, 6.07) is 0. The maximum absolute atomic E-state index is 11.0. The lowest BCUT2D eigenvalue weighted by Crippen LogP contribution is -2.23. The minimum Gasteiger partial charge on any atom is -0.469 e. The van der Waals surface area contributed by atoms with Crippen molar-refractivity contribution >= 4 is 5.97 Å². The lowest BCUT2D eigenvalue weighted by molar-refractivity contribution is -0.144. The third-order valence-corrected chi connectivity index (χ3v) is 2.25. The predicted octanol–water partition coefficient (Wildman–Crippen LogP) is 0.501. The molecule has 0 saturated carbocycles. The van der Waals surface area contributed by atoms with Gasteiger partial charge >= 0.3 is 5.97 Å². The Morgan fingerprint density at radius 2 is 2.45 bits per heavy atom. The van der Waals surface area contributed by atoms with E-state index in [1.807, 2.05) is 0 Å². The molecule has 0 aromatic heterocycles. The fourth-order valence-corrected chi connectivity index (χ4v) is 1.48. The van der Waals surface area contributed by atoms with Gasteiger partial charge in [-0.1, -0.05) is 6.92 Å². The van der Waals surface area contributed by atoms with Crippen LogP contribution in [-0.4, -0.2) is 37.6 Å². The molecule has 0 spiro atoms. The molecule has 3 nitrogen and oxygen atoms in total. The number of carbonyl (C=O) groups is 1. The lowest BCUT2D eigenvalue weighted by atomic mass is 10.1. The first kappa shape index (κ1) is 8.53. The number of esters is 1. The van der Waals surface area contributed by atoms with Crippen molar-refractivity contribution in [2.45, 2.75) is 13.3 Å². The second-order valence-electron chi connectivity index (χ2n) is 2.90. The van der Waals surface area contributed by atoms with Crippen LogP contribution in [0.2, 0.25) is 0 Å². The van der Waals surface area contributed by atoms with E-state index >= 15 is 0 Å². The SMILES string of the molecule is CCN1CC[C@H](C(=O)OC)C1. The summed E-state index contributed by atoms with van der Waals surface area (Å²) in [6.07, 6.45) is 0.959. The van der Waals surface area contributed by atoms with E-state index < -0.39 is 0 Å². The molecular formula is C8H15NO2. The number of methoxy groups -OCH3 is 1. The first-order valence-corrected chi connectivity index (χ1v) is 4.08. The van der Waals surface area contributed by atoms with Crippen LogP contribution in [0, 0.1) is 5.92 Å². The zero-order valence-corrected chi connectivity index (χ0v) is 7.17. The number of likely N-dealkylation sites (tertiary alicyclic amines) is 1. The van der Waals surface area contributed by atoms with E-state index in [0.29, 0.717) is 0 Å². The number of ether oxygens (including phenoxy) is 1. The first-order valence-electron chi connectivity index (χ1n) is 4.08. The summed E-state index contributed by atoms with van der Waals surface area (Å²) in [4.78, 5) is 13.3. The van der Waals surface area contributed by atoms with Gasteiger partial charge in [0.2, 0.25) is 0 Å². The second-order valence-corrected chi connectivity index (χ2v) is 2.90. The molecule has 0 unspecified atom stereocenters. The van der Waals surface area contributed by atoms with Crippen molar-refractivity contribution in [2.75, 3.05) is 26.7 Å². The molecule has 1 aliphatic heterocycles. The predicted molar refractivity (Wildman–Crippen MR) is 42.2 cm³/mol. The van der Waals surface area contributed by atoms with Gasteiger partial charge in [-0.2, -0.15) is 0 Å². The molecule has 0 aliphatic carbocycles. The minimum atomic E-state index is -0.0547. The van der Waals surface area contributed by atoms with Crippen LogP contribution in [0.3, 0.4) is 0 Å². The van der Waals surface area contributed by atoms with Crippen LogP contribution in [0.1, 0.15) is 13.3 Å². The standard InChI is InChI=1S/C8H15NO2/c1-3-9-5-4-7(6-9)8(10)11-2/h7H,3-6H2,1-2H3/t7-/m0/s1. The van der Waals surface area contributed by atoms with Gasteiger partial charge in [-0.25, -0.2) is 0 Å². The Bertz CT molecular complexity index is 147. The van der Waals surface area contributed by atoms with Gasteiger partial charge in [0, 0.05) is 6.54 Å². The average molecular weight is 157 g/mol. The van der Waals surface area contributed by atoms with Crippen molar-refractivity contribution in [3.05, 3.63) is 0 Å². The van der Waals surface area contributed by atoms with E-state index in [9.17, 15) is 4.79 Å². The highest BCUT2D eigenvalue weighted by Crippen LogP contribution is 2.16. The molecule has 0 aromatic carbocycles. The molecule has 1 heterocycles. The van der Waals surface area contributed by atoms with Crippen molar-refractivity contribution in [2.24, 2.45) is 5.92 Å². The molecular weight excluding hydrogens is 142 g/mol. The lowest BCUT2D eigenvalue weighted by Gasteiger charge is -2.11. The third-order valence-electron chi connectivity index (χ3n) is 2.25. The third kappa shape index (κ3) is 1.93. The number of carbonyl (C=O) groups excluding carboxylic acids is 1. The second kappa shape index (κ2) is 3.72. The van der Waals surface area contributed by atoms with Gasteiger partial charge < -0.3 is 9.64 Å². The molecule has 3 heteroatoms. The zero-order chi connectivity index (χ0) is 8.27. The Morgan fingerprint density at radius 3 is 2.91 bits per heavy atom. The molecule has 0 bridgehead atoms. The first-order chi connectivity index (χ1) is 5.27. The van der Waals surface area contributed by atoms with Gasteiger partial charge in [0.05, 0.1) is 13.0 Å².